The van der Waals surface area contributed by atoms with Gasteiger partial charge in [0.1, 0.15) is 0 Å². The van der Waals surface area contributed by atoms with E-state index in [-0.39, 0.29) is 15.9 Å². The first-order valence-electron chi connectivity index (χ1n) is 13.5. The van der Waals surface area contributed by atoms with Crippen LogP contribution in [0.15, 0.2) is 29.7 Å². The van der Waals surface area contributed by atoms with Crippen molar-refractivity contribution < 1.29 is 4.43 Å². The number of allylic oxidation sites excluding steroid dienone is 1. The molecule has 6 atom stereocenters. The van der Waals surface area contributed by atoms with E-state index in [1.807, 2.05) is 12.4 Å². The highest BCUT2D eigenvalue weighted by Gasteiger charge is 2.57. The minimum atomic E-state index is -1.89. The van der Waals surface area contributed by atoms with Crippen LogP contribution in [0.2, 0.25) is 18.1 Å². The molecule has 0 unspecified atom stereocenters. The molecule has 0 saturated heterocycles. The minimum absolute atomic E-state index is 0.0201. The smallest absolute Gasteiger partial charge is 0.191 e. The van der Waals surface area contributed by atoms with Crippen molar-refractivity contribution in [1.29, 1.82) is 0 Å². The van der Waals surface area contributed by atoms with Crippen LogP contribution in [0.4, 0.5) is 0 Å². The molecule has 0 aliphatic heterocycles. The monoisotopic (exact) mass is 495 g/mol. The van der Waals surface area contributed by atoms with Gasteiger partial charge in [-0.1, -0.05) is 51.9 Å². The summed E-state index contributed by atoms with van der Waals surface area (Å²) in [6.45, 7) is 22.3. The highest BCUT2D eigenvalue weighted by atomic mass is 28.4. The molecular weight excluding hydrogens is 450 g/mol. The molecule has 0 spiro atoms. The number of aromatic nitrogens is 2. The van der Waals surface area contributed by atoms with Crippen LogP contribution < -0.4 is 0 Å². The predicted molar refractivity (Wildman–Crippen MR) is 144 cm³/mol. The van der Waals surface area contributed by atoms with Crippen LogP contribution in [0.3, 0.4) is 0 Å². The zero-order valence-electron chi connectivity index (χ0n) is 23.0. The fraction of sp³-hybridized carbons (Fsp3) is 0.786. The second-order valence-electron chi connectivity index (χ2n) is 13.5. The first kappa shape index (κ1) is 26.4. The largest absolute Gasteiger partial charge is 0.417 e. The summed E-state index contributed by atoms with van der Waals surface area (Å²) >= 11 is 0. The number of hydrogen-bond acceptors (Lipinski definition) is 4. The summed E-state index contributed by atoms with van der Waals surface area (Å²) in [5, 5.41) is 4.35. The highest BCUT2D eigenvalue weighted by Crippen LogP contribution is 2.63. The molecule has 0 radical (unpaired) electrons. The third-order valence-electron chi connectivity index (χ3n) is 10.8. The third kappa shape index (κ3) is 4.60. The van der Waals surface area contributed by atoms with Crippen molar-refractivity contribution in [1.82, 2.24) is 9.97 Å². The van der Waals surface area contributed by atoms with Gasteiger partial charge in [0.25, 0.3) is 0 Å². The topological polar surface area (TPSA) is 83.8 Å². The molecule has 2 saturated carbocycles. The quantitative estimate of drug-likeness (QED) is 0.134. The number of azide groups is 1. The van der Waals surface area contributed by atoms with Crippen LogP contribution in [0.1, 0.15) is 71.7 Å². The zero-order valence-corrected chi connectivity index (χ0v) is 24.0. The zero-order chi connectivity index (χ0) is 25.6. The van der Waals surface area contributed by atoms with Gasteiger partial charge in [-0.05, 0) is 96.7 Å². The molecule has 0 aromatic carbocycles. The molecule has 3 aliphatic rings. The summed E-state index contributed by atoms with van der Waals surface area (Å²) in [4.78, 5) is 12.7. The molecule has 3 aliphatic carbocycles. The molecule has 1 aromatic heterocycles. The first-order chi connectivity index (χ1) is 16.3. The molecule has 0 amide bonds. The molecular formula is C28H45N5OSi. The fourth-order valence-electron chi connectivity index (χ4n) is 7.29. The van der Waals surface area contributed by atoms with E-state index in [1.165, 1.54) is 12.0 Å². The van der Waals surface area contributed by atoms with Crippen LogP contribution in [-0.2, 0) is 17.3 Å². The Morgan fingerprint density at radius 2 is 1.86 bits per heavy atom. The molecule has 1 heterocycles. The van der Waals surface area contributed by atoms with Crippen molar-refractivity contribution in [2.24, 2.45) is 39.6 Å². The summed E-state index contributed by atoms with van der Waals surface area (Å²) < 4.78 is 6.87. The van der Waals surface area contributed by atoms with Gasteiger partial charge >= 0.3 is 0 Å². The Morgan fingerprint density at radius 3 is 2.51 bits per heavy atom. The standard InChI is InChI=1S/C28H45N5OSi/c1-19-9-10-22-21(17-32-33-29)23(11-12-27(19,22)5)28(6)16-25-24(30-13-14-31-25)15-20(28)18-34-35(7,8)26(2,3)4/h13-14,20-23H,1,9-12,15-18H2,2-8H3/t20-,21+,22+,23+,27-,28+/m1/s1. The second kappa shape index (κ2) is 9.31. The van der Waals surface area contributed by atoms with E-state index in [2.05, 4.69) is 64.3 Å². The molecule has 35 heavy (non-hydrogen) atoms. The number of nitrogens with zero attached hydrogens (tertiary/aromatic N) is 5. The van der Waals surface area contributed by atoms with Gasteiger partial charge in [-0.15, -0.1) is 0 Å². The molecule has 6 nitrogen and oxygen atoms in total. The summed E-state index contributed by atoms with van der Waals surface area (Å²) in [5.41, 5.74) is 13.1. The Bertz CT molecular complexity index is 1010. The molecule has 7 heteroatoms. The van der Waals surface area contributed by atoms with Crippen LogP contribution in [0.5, 0.6) is 0 Å². The van der Waals surface area contributed by atoms with Crippen molar-refractivity contribution in [3.05, 3.63) is 46.4 Å². The Labute approximate surface area is 213 Å². The molecule has 4 rings (SSSR count). The molecule has 0 N–H and O–H groups in total. The molecule has 0 bridgehead atoms. The van der Waals surface area contributed by atoms with Gasteiger partial charge in [-0.25, -0.2) is 0 Å². The Morgan fingerprint density at radius 1 is 1.17 bits per heavy atom. The Hall–Kier alpha value is -1.69. The van der Waals surface area contributed by atoms with Crippen molar-refractivity contribution in [2.45, 2.75) is 91.3 Å². The van der Waals surface area contributed by atoms with Crippen molar-refractivity contribution in [2.75, 3.05) is 13.2 Å². The fourth-order valence-corrected chi connectivity index (χ4v) is 8.34. The minimum Gasteiger partial charge on any atom is -0.417 e. The maximum Gasteiger partial charge on any atom is 0.191 e. The molecule has 1 aromatic rings. The van der Waals surface area contributed by atoms with E-state index in [0.29, 0.717) is 30.2 Å². The van der Waals surface area contributed by atoms with Crippen LogP contribution >= 0.6 is 0 Å². The van der Waals surface area contributed by atoms with E-state index in [4.69, 9.17) is 14.4 Å². The van der Waals surface area contributed by atoms with Crippen LogP contribution in [0.25, 0.3) is 10.4 Å². The van der Waals surface area contributed by atoms with Gasteiger partial charge in [0.15, 0.2) is 8.32 Å². The molecule has 192 valence electrons. The van der Waals surface area contributed by atoms with Gasteiger partial charge in [0, 0.05) is 30.5 Å². The second-order valence-corrected chi connectivity index (χ2v) is 18.3. The predicted octanol–water partition coefficient (Wildman–Crippen LogP) is 7.53. The average molecular weight is 496 g/mol. The SMILES string of the molecule is C=C1CC[C@H]2[C@H](CN=[N+]=[N-])[C@@H]([C@@]3(C)Cc4nccnc4C[C@@H]3CO[Si](C)(C)C(C)(C)C)CC[C@]12C. The van der Waals surface area contributed by atoms with E-state index in [1.54, 1.807) is 0 Å². The number of rotatable bonds is 6. The molecule has 2 fully saturated rings. The highest BCUT2D eigenvalue weighted by molar-refractivity contribution is 6.74. The van der Waals surface area contributed by atoms with E-state index in [0.717, 1.165) is 50.1 Å². The summed E-state index contributed by atoms with van der Waals surface area (Å²) in [6.07, 6.45) is 10.1. The number of hydrogen-bond donors (Lipinski definition) is 0. The maximum atomic E-state index is 9.25. The Kier molecular flexibility index (Phi) is 7.02. The van der Waals surface area contributed by atoms with Crippen LogP contribution in [-0.4, -0.2) is 31.4 Å². The normalized spacial score (nSPS) is 35.2. The van der Waals surface area contributed by atoms with Crippen molar-refractivity contribution >= 4 is 8.32 Å². The van der Waals surface area contributed by atoms with Gasteiger partial charge in [0.05, 0.1) is 11.4 Å². The van der Waals surface area contributed by atoms with Crippen molar-refractivity contribution in [3.8, 4) is 0 Å². The van der Waals surface area contributed by atoms with E-state index < -0.39 is 8.32 Å². The van der Waals surface area contributed by atoms with Crippen LogP contribution in [0, 0.1) is 34.5 Å². The van der Waals surface area contributed by atoms with E-state index in [9.17, 15) is 5.53 Å². The third-order valence-corrected chi connectivity index (χ3v) is 15.3. The lowest BCUT2D eigenvalue weighted by Gasteiger charge is -2.56. The van der Waals surface area contributed by atoms with E-state index >= 15 is 0 Å². The summed E-state index contributed by atoms with van der Waals surface area (Å²) in [5.74, 6) is 1.72. The first-order valence-corrected chi connectivity index (χ1v) is 16.4. The van der Waals surface area contributed by atoms with Gasteiger partial charge in [0.2, 0.25) is 0 Å². The van der Waals surface area contributed by atoms with Crippen molar-refractivity contribution in [3.63, 3.8) is 0 Å². The number of fused-ring (bicyclic) bond motifs is 2. The average Bonchev–Trinajstić information content (AvgIpc) is 3.09. The summed E-state index contributed by atoms with van der Waals surface area (Å²) in [7, 11) is -1.89. The van der Waals surface area contributed by atoms with Gasteiger partial charge < -0.3 is 4.43 Å². The van der Waals surface area contributed by atoms with Gasteiger partial charge in [-0.3, -0.25) is 9.97 Å². The summed E-state index contributed by atoms with van der Waals surface area (Å²) in [6, 6.07) is 0. The lowest BCUT2D eigenvalue weighted by molar-refractivity contribution is -0.0530. The maximum absolute atomic E-state index is 9.25. The van der Waals surface area contributed by atoms with Gasteiger partial charge in [-0.2, -0.15) is 0 Å². The lowest BCUT2D eigenvalue weighted by atomic mass is 9.49. The Balaban J connectivity index is 1.71. The lowest BCUT2D eigenvalue weighted by Crippen LogP contribution is -2.53.